The number of anilines is 2. The van der Waals surface area contributed by atoms with Gasteiger partial charge in [0.05, 0.1) is 17.8 Å². The lowest BCUT2D eigenvalue weighted by Gasteiger charge is -2.21. The van der Waals surface area contributed by atoms with Gasteiger partial charge in [0.2, 0.25) is 27.7 Å². The van der Waals surface area contributed by atoms with Crippen molar-refractivity contribution < 1.29 is 22.7 Å². The first-order valence-electron chi connectivity index (χ1n) is 21.5. The van der Waals surface area contributed by atoms with Crippen LogP contribution in [-0.4, -0.2) is 77.1 Å². The second kappa shape index (κ2) is 16.4. The number of aromatic nitrogens is 3. The number of likely N-dealkylation sites (tertiary alicyclic amines) is 2. The number of ether oxygens (including phenoxy) is 2. The number of hydrogen-bond acceptors (Lipinski definition) is 11. The second-order valence-corrected chi connectivity index (χ2v) is 19.5. The molecule has 2 aliphatic heterocycles. The molecule has 314 valence electrons. The van der Waals surface area contributed by atoms with Crippen molar-refractivity contribution in [3.05, 3.63) is 100 Å². The molecular weight excluding hydrogens is 775 g/mol. The lowest BCUT2D eigenvalue weighted by molar-refractivity contribution is -0.122. The van der Waals surface area contributed by atoms with E-state index in [-0.39, 0.29) is 12.0 Å². The summed E-state index contributed by atoms with van der Waals surface area (Å²) in [5.74, 6) is 1.20. The van der Waals surface area contributed by atoms with E-state index in [0.717, 1.165) is 72.2 Å². The number of hydrogen-bond donors (Lipinski definition) is 2. The maximum absolute atomic E-state index is 12.9. The number of benzene rings is 2. The summed E-state index contributed by atoms with van der Waals surface area (Å²) in [6, 6.07) is 19.3. The number of nitrogens with one attached hydrogen (secondary N) is 2. The third kappa shape index (κ3) is 7.94. The molecule has 13 heteroatoms. The number of carbonyl (C=O) groups excluding carboxylic acids is 1. The zero-order chi connectivity index (χ0) is 41.6. The Morgan fingerprint density at radius 3 is 2.53 bits per heavy atom. The molecule has 4 aliphatic rings. The topological polar surface area (TPSA) is 139 Å². The summed E-state index contributed by atoms with van der Waals surface area (Å²) in [4.78, 5) is 32.0. The van der Waals surface area contributed by atoms with E-state index >= 15 is 0 Å². The summed E-state index contributed by atoms with van der Waals surface area (Å²) in [6.07, 6.45) is 10.5. The van der Waals surface area contributed by atoms with Crippen molar-refractivity contribution in [3.63, 3.8) is 0 Å². The molecule has 2 aliphatic carbocycles. The molecule has 12 nitrogen and oxygen atoms in total. The van der Waals surface area contributed by atoms with Crippen LogP contribution in [-0.2, 0) is 40.7 Å². The van der Waals surface area contributed by atoms with Crippen LogP contribution in [0.2, 0.25) is 0 Å². The Hall–Kier alpha value is -5.11. The minimum absolute atomic E-state index is 0.103. The highest BCUT2D eigenvalue weighted by atomic mass is 32.2. The van der Waals surface area contributed by atoms with Crippen molar-refractivity contribution in [3.8, 4) is 22.9 Å². The Morgan fingerprint density at radius 2 is 1.75 bits per heavy atom. The standard InChI is InChI=1S/C47H55N7O5S/c1-5-35-36(37-10-8-12-39-38(37)14-15-41(39)59-45-30(2)24-34(46(51-45)58-4)29-53-21-6-7-22-53)11-9-13-40(35)50-43-42-32(16-20-48-43)25-31(26-49-42)27-54-23-17-33(28-54)44(55)52-60(56,57)47(3)18-19-47/h8-13,16,20,24-26,33,41H,5-7,14-15,17-19,21-23,27-29H2,1-4H3,(H,48,50)(H,52,55)/t33-,41-/m1/s1. The molecule has 2 atom stereocenters. The molecule has 5 aromatic rings. The van der Waals surface area contributed by atoms with Gasteiger partial charge in [-0.25, -0.2) is 13.4 Å². The zero-order valence-electron chi connectivity index (χ0n) is 35.1. The first-order chi connectivity index (χ1) is 29.0. The Balaban J connectivity index is 0.903. The van der Waals surface area contributed by atoms with Crippen LogP contribution < -0.4 is 19.5 Å². The molecule has 3 aromatic heterocycles. The molecule has 2 aromatic carbocycles. The quantitative estimate of drug-likeness (QED) is 0.113. The van der Waals surface area contributed by atoms with E-state index in [9.17, 15) is 13.2 Å². The Morgan fingerprint density at radius 1 is 0.950 bits per heavy atom. The van der Waals surface area contributed by atoms with Crippen molar-refractivity contribution in [1.82, 2.24) is 29.5 Å². The molecule has 0 bridgehead atoms. The molecule has 1 amide bonds. The first-order valence-corrected chi connectivity index (χ1v) is 23.0. The third-order valence-corrected chi connectivity index (χ3v) is 15.3. The maximum Gasteiger partial charge on any atom is 0.240 e. The largest absolute Gasteiger partial charge is 0.481 e. The van der Waals surface area contributed by atoms with E-state index in [1.807, 2.05) is 12.3 Å². The van der Waals surface area contributed by atoms with Crippen LogP contribution >= 0.6 is 0 Å². The highest BCUT2D eigenvalue weighted by molar-refractivity contribution is 7.91. The van der Waals surface area contributed by atoms with Gasteiger partial charge < -0.3 is 14.8 Å². The van der Waals surface area contributed by atoms with Gasteiger partial charge in [-0.2, -0.15) is 4.98 Å². The average molecular weight is 830 g/mol. The molecule has 5 heterocycles. The first kappa shape index (κ1) is 40.3. The van der Waals surface area contributed by atoms with Crippen LogP contribution in [0.5, 0.6) is 11.8 Å². The monoisotopic (exact) mass is 829 g/mol. The van der Waals surface area contributed by atoms with Crippen LogP contribution in [0.4, 0.5) is 11.5 Å². The number of sulfonamides is 1. The molecule has 0 unspecified atom stereocenters. The summed E-state index contributed by atoms with van der Waals surface area (Å²) in [5.41, 5.74) is 11.0. The van der Waals surface area contributed by atoms with Crippen LogP contribution in [0, 0.1) is 12.8 Å². The van der Waals surface area contributed by atoms with Gasteiger partial charge in [-0.3, -0.25) is 24.3 Å². The molecule has 0 radical (unpaired) electrons. The molecule has 1 saturated carbocycles. The predicted molar refractivity (Wildman–Crippen MR) is 234 cm³/mol. The highest BCUT2D eigenvalue weighted by Gasteiger charge is 2.51. The Bertz CT molecular complexity index is 2550. The van der Waals surface area contributed by atoms with Gasteiger partial charge in [0.25, 0.3) is 0 Å². The molecule has 60 heavy (non-hydrogen) atoms. The van der Waals surface area contributed by atoms with E-state index < -0.39 is 20.7 Å². The van der Waals surface area contributed by atoms with E-state index in [4.69, 9.17) is 24.4 Å². The van der Waals surface area contributed by atoms with Gasteiger partial charge in [0.15, 0.2) is 5.82 Å². The third-order valence-electron chi connectivity index (χ3n) is 13.1. The van der Waals surface area contributed by atoms with Crippen molar-refractivity contribution in [2.45, 2.75) is 96.1 Å². The van der Waals surface area contributed by atoms with Crippen LogP contribution in [0.3, 0.4) is 0 Å². The normalized spacial score (nSPS) is 20.0. The SMILES string of the molecule is CCc1c(Nc2nccc3cc(CN4CC[C@@H](C(=O)NS(=O)(=O)C5(C)CC5)C4)cnc23)cccc1-c1cccc2c1CC[C@H]2Oc1nc(OC)c(CN2CCCC2)cc1C. The predicted octanol–water partition coefficient (Wildman–Crippen LogP) is 7.80. The van der Waals surface area contributed by atoms with Crippen LogP contribution in [0.25, 0.3) is 22.0 Å². The van der Waals surface area contributed by atoms with Crippen LogP contribution in [0.15, 0.2) is 67.0 Å². The fourth-order valence-electron chi connectivity index (χ4n) is 9.33. The Labute approximate surface area is 353 Å². The number of carbonyl (C=O) groups is 1. The van der Waals surface area contributed by atoms with Crippen molar-refractivity contribution >= 4 is 38.3 Å². The summed E-state index contributed by atoms with van der Waals surface area (Å²) in [5, 5.41) is 4.61. The van der Waals surface area contributed by atoms with Gasteiger partial charge in [0, 0.05) is 54.2 Å². The number of aryl methyl sites for hydroxylation is 1. The fraction of sp³-hybridized carbons (Fsp3) is 0.447. The van der Waals surface area contributed by atoms with Crippen LogP contribution in [0.1, 0.15) is 91.9 Å². The smallest absolute Gasteiger partial charge is 0.240 e. The summed E-state index contributed by atoms with van der Waals surface area (Å²) < 4.78 is 39.3. The van der Waals surface area contributed by atoms with E-state index in [0.29, 0.717) is 56.5 Å². The minimum Gasteiger partial charge on any atom is -0.481 e. The minimum atomic E-state index is -3.64. The van der Waals surface area contributed by atoms with Gasteiger partial charge in [0.1, 0.15) is 11.6 Å². The van der Waals surface area contributed by atoms with Crippen molar-refractivity contribution in [2.24, 2.45) is 5.92 Å². The highest BCUT2D eigenvalue weighted by Crippen LogP contribution is 2.44. The molecule has 3 fully saturated rings. The summed E-state index contributed by atoms with van der Waals surface area (Å²) in [7, 11) is -1.95. The number of rotatable bonds is 14. The second-order valence-electron chi connectivity index (χ2n) is 17.3. The zero-order valence-corrected chi connectivity index (χ0v) is 35.9. The van der Waals surface area contributed by atoms with E-state index in [2.05, 4.69) is 82.2 Å². The number of methoxy groups -OCH3 is 1. The van der Waals surface area contributed by atoms with Crippen molar-refractivity contribution in [1.29, 1.82) is 0 Å². The summed E-state index contributed by atoms with van der Waals surface area (Å²) in [6.45, 7) is 10.9. The van der Waals surface area contributed by atoms with Gasteiger partial charge in [-0.1, -0.05) is 37.3 Å². The number of fused-ring (bicyclic) bond motifs is 2. The number of amides is 1. The summed E-state index contributed by atoms with van der Waals surface area (Å²) >= 11 is 0. The van der Waals surface area contributed by atoms with Gasteiger partial charge in [-0.15, -0.1) is 0 Å². The van der Waals surface area contributed by atoms with Gasteiger partial charge in [-0.05, 0) is 142 Å². The molecular formula is C47H55N7O5S. The lowest BCUT2D eigenvalue weighted by atomic mass is 9.91. The number of nitrogens with zero attached hydrogens (tertiary/aromatic N) is 5. The Kier molecular flexibility index (Phi) is 11.0. The van der Waals surface area contributed by atoms with Crippen molar-refractivity contribution in [2.75, 3.05) is 38.6 Å². The van der Waals surface area contributed by atoms with E-state index in [1.165, 1.54) is 40.7 Å². The number of pyridine rings is 3. The molecule has 9 rings (SSSR count). The van der Waals surface area contributed by atoms with E-state index in [1.54, 1.807) is 20.2 Å². The average Bonchev–Trinajstić information content (AvgIpc) is 3.59. The lowest BCUT2D eigenvalue weighted by Crippen LogP contribution is -2.42. The molecule has 2 saturated heterocycles. The fourth-order valence-corrected chi connectivity index (χ4v) is 10.7. The molecule has 2 N–H and O–H groups in total. The maximum atomic E-state index is 12.9. The molecule has 0 spiro atoms. The van der Waals surface area contributed by atoms with Gasteiger partial charge >= 0.3 is 0 Å².